The molecular formula is C23H29N3O2S. The Labute approximate surface area is 178 Å². The molecule has 2 rings (SSSR count). The SMILES string of the molecule is CN=C\C=C/C=C(C)/C=C/c1ccc(N2CCCC(C(=O)NC(=O)CS)C2)cc1. The van der Waals surface area contributed by atoms with E-state index < -0.39 is 0 Å². The minimum absolute atomic E-state index is 0.0229. The molecule has 1 N–H and O–H groups in total. The van der Waals surface area contributed by atoms with E-state index in [4.69, 9.17) is 0 Å². The zero-order valence-electron chi connectivity index (χ0n) is 17.0. The van der Waals surface area contributed by atoms with Gasteiger partial charge in [-0.2, -0.15) is 12.6 Å². The van der Waals surface area contributed by atoms with E-state index in [1.807, 2.05) is 18.2 Å². The Morgan fingerprint density at radius 2 is 2.03 bits per heavy atom. The molecule has 2 amide bonds. The Kier molecular flexibility index (Phi) is 9.44. The van der Waals surface area contributed by atoms with Crippen molar-refractivity contribution >= 4 is 42.4 Å². The first-order valence-electron chi connectivity index (χ1n) is 9.77. The zero-order valence-corrected chi connectivity index (χ0v) is 17.9. The van der Waals surface area contributed by atoms with Crippen molar-refractivity contribution in [1.29, 1.82) is 0 Å². The third kappa shape index (κ3) is 7.74. The van der Waals surface area contributed by atoms with Gasteiger partial charge in [-0.1, -0.05) is 42.0 Å². The summed E-state index contributed by atoms with van der Waals surface area (Å²) in [7, 11) is 1.74. The van der Waals surface area contributed by atoms with Crippen molar-refractivity contribution in [1.82, 2.24) is 5.32 Å². The summed E-state index contributed by atoms with van der Waals surface area (Å²) in [6.45, 7) is 3.58. The lowest BCUT2D eigenvalue weighted by molar-refractivity contribution is -0.131. The van der Waals surface area contributed by atoms with Crippen LogP contribution in [0.25, 0.3) is 6.08 Å². The highest BCUT2D eigenvalue weighted by Crippen LogP contribution is 2.24. The van der Waals surface area contributed by atoms with E-state index in [0.717, 1.165) is 36.2 Å². The fraction of sp³-hybridized carbons (Fsp3) is 0.348. The Morgan fingerprint density at radius 3 is 2.72 bits per heavy atom. The quantitative estimate of drug-likeness (QED) is 0.409. The summed E-state index contributed by atoms with van der Waals surface area (Å²) < 4.78 is 0. The number of rotatable bonds is 7. The molecule has 29 heavy (non-hydrogen) atoms. The summed E-state index contributed by atoms with van der Waals surface area (Å²) in [4.78, 5) is 29.8. The van der Waals surface area contributed by atoms with E-state index in [0.29, 0.717) is 6.54 Å². The Bertz CT molecular complexity index is 810. The van der Waals surface area contributed by atoms with Gasteiger partial charge in [0.2, 0.25) is 11.8 Å². The molecule has 0 bridgehead atoms. The lowest BCUT2D eigenvalue weighted by atomic mass is 9.96. The summed E-state index contributed by atoms with van der Waals surface area (Å²) in [5, 5.41) is 2.42. The fourth-order valence-corrected chi connectivity index (χ4v) is 3.21. The summed E-state index contributed by atoms with van der Waals surface area (Å²) in [5.41, 5.74) is 3.36. The number of anilines is 1. The van der Waals surface area contributed by atoms with Crippen LogP contribution in [0.4, 0.5) is 5.69 Å². The van der Waals surface area contributed by atoms with Crippen LogP contribution < -0.4 is 10.2 Å². The normalized spacial score (nSPS) is 18.1. The molecule has 1 fully saturated rings. The highest BCUT2D eigenvalue weighted by molar-refractivity contribution is 7.81. The third-order valence-corrected chi connectivity index (χ3v) is 4.99. The molecule has 0 saturated carbocycles. The number of carbonyl (C=O) groups excluding carboxylic acids is 2. The topological polar surface area (TPSA) is 61.8 Å². The number of piperidine rings is 1. The van der Waals surface area contributed by atoms with Gasteiger partial charge in [-0.3, -0.25) is 19.9 Å². The van der Waals surface area contributed by atoms with Crippen molar-refractivity contribution in [2.45, 2.75) is 19.8 Å². The molecule has 6 heteroatoms. The fourth-order valence-electron chi connectivity index (χ4n) is 3.13. The maximum absolute atomic E-state index is 12.2. The van der Waals surface area contributed by atoms with E-state index in [1.54, 1.807) is 13.3 Å². The number of amides is 2. The van der Waals surface area contributed by atoms with Crippen molar-refractivity contribution in [2.24, 2.45) is 10.9 Å². The van der Waals surface area contributed by atoms with E-state index in [2.05, 4.69) is 71.2 Å². The zero-order chi connectivity index (χ0) is 21.1. The van der Waals surface area contributed by atoms with Gasteiger partial charge in [0.1, 0.15) is 0 Å². The molecule has 154 valence electrons. The van der Waals surface area contributed by atoms with Crippen molar-refractivity contribution in [2.75, 3.05) is 30.8 Å². The van der Waals surface area contributed by atoms with Crippen LogP contribution in [-0.2, 0) is 9.59 Å². The molecule has 0 aromatic heterocycles. The number of nitrogens with zero attached hydrogens (tertiary/aromatic N) is 2. The van der Waals surface area contributed by atoms with Crippen molar-refractivity contribution in [3.05, 3.63) is 59.7 Å². The van der Waals surface area contributed by atoms with Crippen LogP contribution in [0.5, 0.6) is 0 Å². The van der Waals surface area contributed by atoms with Gasteiger partial charge in [0.15, 0.2) is 0 Å². The van der Waals surface area contributed by atoms with Gasteiger partial charge in [0, 0.05) is 32.0 Å². The second-order valence-electron chi connectivity index (χ2n) is 6.98. The maximum atomic E-state index is 12.2. The second-order valence-corrected chi connectivity index (χ2v) is 7.30. The Balaban J connectivity index is 1.96. The monoisotopic (exact) mass is 411 g/mol. The summed E-state index contributed by atoms with van der Waals surface area (Å²) in [6.07, 6.45) is 13.5. The van der Waals surface area contributed by atoms with Gasteiger partial charge in [0.05, 0.1) is 11.7 Å². The van der Waals surface area contributed by atoms with Gasteiger partial charge in [-0.25, -0.2) is 0 Å². The smallest absolute Gasteiger partial charge is 0.236 e. The average molecular weight is 412 g/mol. The number of allylic oxidation sites excluding steroid dienone is 5. The lowest BCUT2D eigenvalue weighted by Gasteiger charge is -2.33. The molecule has 5 nitrogen and oxygen atoms in total. The van der Waals surface area contributed by atoms with Crippen LogP contribution in [0.3, 0.4) is 0 Å². The van der Waals surface area contributed by atoms with Crippen molar-refractivity contribution < 1.29 is 9.59 Å². The maximum Gasteiger partial charge on any atom is 0.236 e. The second kappa shape index (κ2) is 12.1. The lowest BCUT2D eigenvalue weighted by Crippen LogP contribution is -2.45. The standard InChI is InChI=1S/C23H29N3O2S/c1-18(6-3-4-14-24-2)8-9-19-10-12-21(13-11-19)26-15-5-7-20(16-26)23(28)25-22(27)17-29/h3-4,6,8-14,20,29H,5,7,15-17H2,1-2H3,(H,25,27,28)/b4-3-,9-8+,18-6+,24-14?. The van der Waals surface area contributed by atoms with Crippen LogP contribution >= 0.6 is 12.6 Å². The number of hydrogen-bond acceptors (Lipinski definition) is 5. The highest BCUT2D eigenvalue weighted by Gasteiger charge is 2.26. The van der Waals surface area contributed by atoms with Crippen molar-refractivity contribution in [3.63, 3.8) is 0 Å². The largest absolute Gasteiger partial charge is 0.371 e. The van der Waals surface area contributed by atoms with Gasteiger partial charge >= 0.3 is 0 Å². The van der Waals surface area contributed by atoms with Gasteiger partial charge < -0.3 is 4.90 Å². The average Bonchev–Trinajstić information content (AvgIpc) is 2.75. The first-order chi connectivity index (χ1) is 14.0. The molecule has 0 spiro atoms. The first kappa shape index (κ1) is 22.7. The van der Waals surface area contributed by atoms with Crippen LogP contribution in [0.15, 0.2) is 59.1 Å². The number of aliphatic imine (C=N–C) groups is 1. The molecule has 1 atom stereocenters. The molecule has 1 heterocycles. The molecular weight excluding hydrogens is 382 g/mol. The van der Waals surface area contributed by atoms with Gasteiger partial charge in [-0.05, 0) is 43.5 Å². The number of imide groups is 1. The predicted octanol–water partition coefficient (Wildman–Crippen LogP) is 3.69. The van der Waals surface area contributed by atoms with Crippen LogP contribution in [-0.4, -0.2) is 43.9 Å². The minimum Gasteiger partial charge on any atom is -0.371 e. The van der Waals surface area contributed by atoms with Crippen LogP contribution in [0.2, 0.25) is 0 Å². The number of hydrogen-bond donors (Lipinski definition) is 2. The summed E-state index contributed by atoms with van der Waals surface area (Å²) in [5.74, 6) is -0.694. The highest BCUT2D eigenvalue weighted by atomic mass is 32.1. The molecule has 1 aliphatic heterocycles. The molecule has 1 unspecified atom stereocenters. The van der Waals surface area contributed by atoms with Gasteiger partial charge in [-0.15, -0.1) is 0 Å². The van der Waals surface area contributed by atoms with Gasteiger partial charge in [0.25, 0.3) is 0 Å². The number of thiol groups is 1. The molecule has 0 aliphatic carbocycles. The molecule has 0 radical (unpaired) electrons. The molecule has 1 saturated heterocycles. The Morgan fingerprint density at radius 1 is 1.28 bits per heavy atom. The molecule has 1 aliphatic rings. The predicted molar refractivity (Wildman–Crippen MR) is 125 cm³/mol. The number of benzene rings is 1. The van der Waals surface area contributed by atoms with Crippen molar-refractivity contribution in [3.8, 4) is 0 Å². The van der Waals surface area contributed by atoms with E-state index in [-0.39, 0.29) is 23.5 Å². The minimum atomic E-state index is -0.343. The van der Waals surface area contributed by atoms with E-state index in [9.17, 15) is 9.59 Å². The Hall–Kier alpha value is -2.60. The molecule has 1 aromatic rings. The molecule has 1 aromatic carbocycles. The third-order valence-electron chi connectivity index (χ3n) is 4.70. The summed E-state index contributed by atoms with van der Waals surface area (Å²) in [6, 6.07) is 8.31. The number of nitrogens with one attached hydrogen (secondary N) is 1. The van der Waals surface area contributed by atoms with E-state index in [1.165, 1.54) is 0 Å². The summed E-state index contributed by atoms with van der Waals surface area (Å²) >= 11 is 3.90. The van der Waals surface area contributed by atoms with E-state index >= 15 is 0 Å². The number of carbonyl (C=O) groups is 2. The van der Waals surface area contributed by atoms with Crippen LogP contribution in [0.1, 0.15) is 25.3 Å². The van der Waals surface area contributed by atoms with Crippen LogP contribution in [0, 0.1) is 5.92 Å². The first-order valence-corrected chi connectivity index (χ1v) is 10.4.